The third kappa shape index (κ3) is 3.99. The van der Waals surface area contributed by atoms with Gasteiger partial charge in [-0.3, -0.25) is 14.8 Å². The molecule has 0 unspecified atom stereocenters. The number of nitrogens with one attached hydrogen (secondary N) is 1. The fourth-order valence-electron chi connectivity index (χ4n) is 2.58. The molecule has 1 amide bonds. The number of halogens is 3. The summed E-state index contributed by atoms with van der Waals surface area (Å²) in [5.41, 5.74) is 1.62. The van der Waals surface area contributed by atoms with E-state index in [1.165, 1.54) is 0 Å². The van der Waals surface area contributed by atoms with Gasteiger partial charge in [0.2, 0.25) is 0 Å². The molecule has 23 heavy (non-hydrogen) atoms. The first kappa shape index (κ1) is 17.0. The molecule has 1 aliphatic heterocycles. The summed E-state index contributed by atoms with van der Waals surface area (Å²) in [6.45, 7) is 3.78. The Bertz CT molecular complexity index is 713. The molecule has 0 bridgehead atoms. The van der Waals surface area contributed by atoms with Crippen LogP contribution >= 0.6 is 45.8 Å². The molecule has 1 aliphatic rings. The highest BCUT2D eigenvalue weighted by atomic mass is 127. The van der Waals surface area contributed by atoms with Gasteiger partial charge in [-0.25, -0.2) is 0 Å². The zero-order valence-electron chi connectivity index (χ0n) is 12.2. The molecule has 1 saturated heterocycles. The maximum absolute atomic E-state index is 12.4. The van der Waals surface area contributed by atoms with E-state index in [9.17, 15) is 4.79 Å². The standard InChI is InChI=1S/C15H15Cl2IN4O/c16-11-2-1-10(12(17)7-11)9-21-3-5-22(6-4-21)15(23)14-13(18)8-19-20-14/h1-2,7-8H,3-6,9H2,(H,19,20). The van der Waals surface area contributed by atoms with Crippen LogP contribution in [-0.4, -0.2) is 52.1 Å². The molecular weight excluding hydrogens is 450 g/mol. The fraction of sp³-hybridized carbons (Fsp3) is 0.333. The van der Waals surface area contributed by atoms with Crippen LogP contribution in [-0.2, 0) is 6.54 Å². The van der Waals surface area contributed by atoms with E-state index in [1.54, 1.807) is 12.3 Å². The number of rotatable bonds is 3. The van der Waals surface area contributed by atoms with Crippen molar-refractivity contribution in [3.05, 3.63) is 49.3 Å². The van der Waals surface area contributed by atoms with Crippen LogP contribution in [0.4, 0.5) is 0 Å². The number of carbonyl (C=O) groups is 1. The van der Waals surface area contributed by atoms with E-state index in [0.29, 0.717) is 28.8 Å². The fourth-order valence-corrected chi connectivity index (χ4v) is 3.54. The summed E-state index contributed by atoms with van der Waals surface area (Å²) in [7, 11) is 0. The smallest absolute Gasteiger partial charge is 0.273 e. The molecule has 2 heterocycles. The first-order valence-electron chi connectivity index (χ1n) is 7.19. The third-order valence-electron chi connectivity index (χ3n) is 3.88. The van der Waals surface area contributed by atoms with Crippen molar-refractivity contribution in [2.24, 2.45) is 0 Å². The van der Waals surface area contributed by atoms with Crippen LogP contribution in [0.5, 0.6) is 0 Å². The Morgan fingerprint density at radius 1 is 1.26 bits per heavy atom. The minimum Gasteiger partial charge on any atom is -0.335 e. The average molecular weight is 465 g/mol. The molecule has 0 radical (unpaired) electrons. The lowest BCUT2D eigenvalue weighted by atomic mass is 10.2. The molecule has 5 nitrogen and oxygen atoms in total. The number of hydrogen-bond acceptors (Lipinski definition) is 3. The monoisotopic (exact) mass is 464 g/mol. The van der Waals surface area contributed by atoms with Crippen molar-refractivity contribution in [1.82, 2.24) is 20.0 Å². The van der Waals surface area contributed by atoms with Crippen LogP contribution in [0.15, 0.2) is 24.4 Å². The molecule has 1 aromatic carbocycles. The number of benzene rings is 1. The predicted molar refractivity (Wildman–Crippen MR) is 98.9 cm³/mol. The summed E-state index contributed by atoms with van der Waals surface area (Å²) in [5, 5.41) is 8.01. The summed E-state index contributed by atoms with van der Waals surface area (Å²) >= 11 is 14.3. The molecule has 0 atom stereocenters. The van der Waals surface area contributed by atoms with E-state index in [0.717, 1.165) is 28.8 Å². The Balaban J connectivity index is 1.58. The van der Waals surface area contributed by atoms with Gasteiger partial charge in [-0.1, -0.05) is 29.3 Å². The van der Waals surface area contributed by atoms with Gasteiger partial charge in [0.05, 0.1) is 9.77 Å². The van der Waals surface area contributed by atoms with Crippen molar-refractivity contribution in [3.63, 3.8) is 0 Å². The van der Waals surface area contributed by atoms with Gasteiger partial charge in [-0.15, -0.1) is 0 Å². The number of aromatic nitrogens is 2. The van der Waals surface area contributed by atoms with Crippen molar-refractivity contribution in [2.45, 2.75) is 6.54 Å². The quantitative estimate of drug-likeness (QED) is 0.709. The minimum absolute atomic E-state index is 0.0103. The Labute approximate surface area is 158 Å². The largest absolute Gasteiger partial charge is 0.335 e. The lowest BCUT2D eigenvalue weighted by Crippen LogP contribution is -2.48. The van der Waals surface area contributed by atoms with E-state index in [2.05, 4.69) is 37.7 Å². The summed E-state index contributed by atoms with van der Waals surface area (Å²) in [6, 6.07) is 5.57. The van der Waals surface area contributed by atoms with E-state index < -0.39 is 0 Å². The van der Waals surface area contributed by atoms with Crippen molar-refractivity contribution < 1.29 is 4.79 Å². The third-order valence-corrected chi connectivity index (χ3v) is 5.28. The minimum atomic E-state index is 0.0103. The summed E-state index contributed by atoms with van der Waals surface area (Å²) in [6.07, 6.45) is 1.66. The molecule has 0 saturated carbocycles. The second-order valence-corrected chi connectivity index (χ2v) is 7.40. The first-order valence-corrected chi connectivity index (χ1v) is 9.02. The highest BCUT2D eigenvalue weighted by Gasteiger charge is 2.24. The molecule has 1 N–H and O–H groups in total. The maximum Gasteiger partial charge on any atom is 0.273 e. The van der Waals surface area contributed by atoms with Crippen LogP contribution in [0.2, 0.25) is 10.0 Å². The van der Waals surface area contributed by atoms with Crippen molar-refractivity contribution in [2.75, 3.05) is 26.2 Å². The number of aromatic amines is 1. The second kappa shape index (κ2) is 7.38. The zero-order chi connectivity index (χ0) is 16.4. The van der Waals surface area contributed by atoms with Gasteiger partial charge >= 0.3 is 0 Å². The summed E-state index contributed by atoms with van der Waals surface area (Å²) in [5.74, 6) is 0.0103. The van der Waals surface area contributed by atoms with E-state index in [-0.39, 0.29) is 5.91 Å². The average Bonchev–Trinajstić information content (AvgIpc) is 2.96. The molecule has 2 aromatic rings. The van der Waals surface area contributed by atoms with Crippen LogP contribution in [0.25, 0.3) is 0 Å². The van der Waals surface area contributed by atoms with Gasteiger partial charge in [-0.2, -0.15) is 5.10 Å². The van der Waals surface area contributed by atoms with Gasteiger partial charge < -0.3 is 4.90 Å². The number of H-pyrrole nitrogens is 1. The van der Waals surface area contributed by atoms with E-state index >= 15 is 0 Å². The van der Waals surface area contributed by atoms with E-state index in [4.69, 9.17) is 23.2 Å². The molecular formula is C15H15Cl2IN4O. The van der Waals surface area contributed by atoms with Crippen LogP contribution in [0.3, 0.4) is 0 Å². The van der Waals surface area contributed by atoms with Gasteiger partial charge in [-0.05, 0) is 40.3 Å². The normalized spacial score (nSPS) is 15.9. The first-order chi connectivity index (χ1) is 11.0. The Kier molecular flexibility index (Phi) is 5.45. The Morgan fingerprint density at radius 2 is 2.00 bits per heavy atom. The second-order valence-electron chi connectivity index (χ2n) is 5.40. The van der Waals surface area contributed by atoms with Gasteiger partial charge in [0.15, 0.2) is 0 Å². The number of hydrogen-bond donors (Lipinski definition) is 1. The highest BCUT2D eigenvalue weighted by Crippen LogP contribution is 2.23. The highest BCUT2D eigenvalue weighted by molar-refractivity contribution is 14.1. The molecule has 122 valence electrons. The van der Waals surface area contributed by atoms with Crippen LogP contribution < -0.4 is 0 Å². The SMILES string of the molecule is O=C(c1[nH]ncc1I)N1CCN(Cc2ccc(Cl)cc2Cl)CC1. The summed E-state index contributed by atoms with van der Waals surface area (Å²) in [4.78, 5) is 16.6. The maximum atomic E-state index is 12.4. The van der Waals surface area contributed by atoms with Crippen LogP contribution in [0, 0.1) is 3.57 Å². The number of piperazine rings is 1. The Morgan fingerprint density at radius 3 is 2.61 bits per heavy atom. The topological polar surface area (TPSA) is 52.2 Å². The van der Waals surface area contributed by atoms with E-state index in [1.807, 2.05) is 17.0 Å². The predicted octanol–water partition coefficient (Wildman–Crippen LogP) is 3.28. The molecule has 3 rings (SSSR count). The molecule has 1 fully saturated rings. The van der Waals surface area contributed by atoms with Crippen LogP contribution in [0.1, 0.15) is 16.1 Å². The van der Waals surface area contributed by atoms with Gasteiger partial charge in [0.25, 0.3) is 5.91 Å². The lowest BCUT2D eigenvalue weighted by Gasteiger charge is -2.34. The lowest BCUT2D eigenvalue weighted by molar-refractivity contribution is 0.0621. The Hall–Kier alpha value is -0.830. The zero-order valence-corrected chi connectivity index (χ0v) is 15.9. The number of carbonyl (C=O) groups excluding carboxylic acids is 1. The van der Waals surface area contributed by atoms with Crippen molar-refractivity contribution in [1.29, 1.82) is 0 Å². The van der Waals surface area contributed by atoms with Crippen molar-refractivity contribution >= 4 is 51.7 Å². The van der Waals surface area contributed by atoms with Crippen molar-refractivity contribution in [3.8, 4) is 0 Å². The molecule has 0 spiro atoms. The molecule has 8 heteroatoms. The van der Waals surface area contributed by atoms with Gasteiger partial charge in [0, 0.05) is 42.8 Å². The number of amides is 1. The summed E-state index contributed by atoms with van der Waals surface area (Å²) < 4.78 is 0.850. The molecule has 0 aliphatic carbocycles. The number of nitrogens with zero attached hydrogens (tertiary/aromatic N) is 3. The molecule has 1 aromatic heterocycles. The van der Waals surface area contributed by atoms with Gasteiger partial charge in [0.1, 0.15) is 5.69 Å².